The van der Waals surface area contributed by atoms with E-state index in [9.17, 15) is 9.59 Å². The number of hydrogen-bond donors (Lipinski definition) is 3. The van der Waals surface area contributed by atoms with Crippen LogP contribution in [0.5, 0.6) is 5.75 Å². The van der Waals surface area contributed by atoms with Crippen molar-refractivity contribution in [2.75, 3.05) is 18.2 Å². The first-order valence-electron chi connectivity index (χ1n) is 5.99. The van der Waals surface area contributed by atoms with Crippen molar-refractivity contribution in [3.8, 4) is 5.75 Å². The Morgan fingerprint density at radius 3 is 2.57 bits per heavy atom. The molecule has 21 heavy (non-hydrogen) atoms. The zero-order valence-corrected chi connectivity index (χ0v) is 11.2. The average Bonchev–Trinajstić information content (AvgIpc) is 2.80. The molecule has 0 aliphatic carbocycles. The monoisotopic (exact) mass is 290 g/mol. The summed E-state index contributed by atoms with van der Waals surface area (Å²) in [5, 5.41) is 15.2. The molecule has 1 aromatic heterocycles. The van der Waals surface area contributed by atoms with Crippen LogP contribution in [0.4, 0.5) is 11.4 Å². The van der Waals surface area contributed by atoms with Gasteiger partial charge in [0.15, 0.2) is 5.69 Å². The largest absolute Gasteiger partial charge is 0.497 e. The summed E-state index contributed by atoms with van der Waals surface area (Å²) in [7, 11) is 1.55. The molecule has 1 amide bonds. The summed E-state index contributed by atoms with van der Waals surface area (Å²) in [5.74, 6) is -0.902. The summed E-state index contributed by atoms with van der Waals surface area (Å²) < 4.78 is 6.19. The van der Waals surface area contributed by atoms with E-state index in [-0.39, 0.29) is 23.8 Å². The van der Waals surface area contributed by atoms with Crippen LogP contribution in [-0.2, 0) is 11.3 Å². The summed E-state index contributed by atoms with van der Waals surface area (Å²) in [6.07, 6.45) is 1.30. The van der Waals surface area contributed by atoms with Gasteiger partial charge in [-0.2, -0.15) is 5.10 Å². The number of anilines is 2. The molecule has 110 valence electrons. The molecule has 0 radical (unpaired) electrons. The van der Waals surface area contributed by atoms with Crippen molar-refractivity contribution in [3.63, 3.8) is 0 Å². The van der Waals surface area contributed by atoms with Crippen molar-refractivity contribution >= 4 is 23.3 Å². The number of carboxylic acids is 1. The van der Waals surface area contributed by atoms with Crippen LogP contribution in [0, 0.1) is 0 Å². The highest BCUT2D eigenvalue weighted by Crippen LogP contribution is 2.15. The fourth-order valence-corrected chi connectivity index (χ4v) is 1.71. The maximum atomic E-state index is 11.8. The number of amides is 1. The summed E-state index contributed by atoms with van der Waals surface area (Å²) in [5.41, 5.74) is 5.83. The second-order valence-electron chi connectivity index (χ2n) is 4.21. The van der Waals surface area contributed by atoms with Gasteiger partial charge in [-0.25, -0.2) is 4.79 Å². The molecule has 0 bridgehead atoms. The van der Waals surface area contributed by atoms with Gasteiger partial charge in [0, 0.05) is 11.9 Å². The van der Waals surface area contributed by atoms with Gasteiger partial charge in [0.1, 0.15) is 12.3 Å². The van der Waals surface area contributed by atoms with E-state index in [0.29, 0.717) is 11.4 Å². The third-order valence-electron chi connectivity index (χ3n) is 2.67. The number of carbonyl (C=O) groups excluding carboxylic acids is 1. The number of nitrogen functional groups attached to an aromatic ring is 1. The third kappa shape index (κ3) is 3.50. The number of hydrogen-bond acceptors (Lipinski definition) is 5. The molecule has 4 N–H and O–H groups in total. The molecule has 0 saturated heterocycles. The number of carboxylic acid groups (broad SMARTS) is 1. The lowest BCUT2D eigenvalue weighted by atomic mass is 10.3. The molecule has 0 aliphatic heterocycles. The van der Waals surface area contributed by atoms with Crippen molar-refractivity contribution in [1.29, 1.82) is 0 Å². The Kier molecular flexibility index (Phi) is 4.07. The molecular weight excluding hydrogens is 276 g/mol. The molecule has 0 saturated carbocycles. The minimum absolute atomic E-state index is 0.0137. The Morgan fingerprint density at radius 2 is 2.05 bits per heavy atom. The van der Waals surface area contributed by atoms with Gasteiger partial charge in [-0.15, -0.1) is 0 Å². The number of nitrogens with one attached hydrogen (secondary N) is 1. The number of aromatic nitrogens is 2. The first-order chi connectivity index (χ1) is 9.99. The smallest absolute Gasteiger partial charge is 0.358 e. The van der Waals surface area contributed by atoms with Gasteiger partial charge < -0.3 is 20.9 Å². The van der Waals surface area contributed by atoms with Crippen molar-refractivity contribution < 1.29 is 19.4 Å². The van der Waals surface area contributed by atoms with Gasteiger partial charge in [0.05, 0.1) is 12.8 Å². The standard InChI is InChI=1S/C13H14N4O4/c1-21-9-4-2-8(3-5-9)15-11(18)7-17-6-10(14)12(16-17)13(19)20/h2-6H,7,14H2,1H3,(H,15,18)(H,19,20). The Bertz CT molecular complexity index is 663. The number of ether oxygens (including phenoxy) is 1. The van der Waals surface area contributed by atoms with Gasteiger partial charge in [0.2, 0.25) is 5.91 Å². The van der Waals surface area contributed by atoms with Crippen LogP contribution in [0.3, 0.4) is 0 Å². The van der Waals surface area contributed by atoms with E-state index < -0.39 is 5.97 Å². The first kappa shape index (κ1) is 14.4. The molecule has 8 nitrogen and oxygen atoms in total. The molecule has 0 spiro atoms. The van der Waals surface area contributed by atoms with E-state index in [0.717, 1.165) is 0 Å². The number of rotatable bonds is 5. The number of benzene rings is 1. The normalized spacial score (nSPS) is 10.1. The highest BCUT2D eigenvalue weighted by molar-refractivity contribution is 5.92. The Labute approximate surface area is 120 Å². The number of aromatic carboxylic acids is 1. The molecule has 0 aliphatic rings. The lowest BCUT2D eigenvalue weighted by Crippen LogP contribution is -2.19. The minimum atomic E-state index is -1.23. The molecule has 2 rings (SSSR count). The van der Waals surface area contributed by atoms with Gasteiger partial charge in [-0.05, 0) is 24.3 Å². The topological polar surface area (TPSA) is 119 Å². The Morgan fingerprint density at radius 1 is 1.38 bits per heavy atom. The summed E-state index contributed by atoms with van der Waals surface area (Å²) >= 11 is 0. The van der Waals surface area contributed by atoms with Crippen LogP contribution >= 0.6 is 0 Å². The molecule has 2 aromatic rings. The van der Waals surface area contributed by atoms with Crippen molar-refractivity contribution in [1.82, 2.24) is 9.78 Å². The van der Waals surface area contributed by atoms with Crippen LogP contribution in [0.1, 0.15) is 10.5 Å². The second kappa shape index (κ2) is 5.95. The van der Waals surface area contributed by atoms with Crippen LogP contribution < -0.4 is 15.8 Å². The van der Waals surface area contributed by atoms with Gasteiger partial charge in [0.25, 0.3) is 0 Å². The van der Waals surface area contributed by atoms with E-state index >= 15 is 0 Å². The molecule has 8 heteroatoms. The minimum Gasteiger partial charge on any atom is -0.497 e. The van der Waals surface area contributed by atoms with Crippen LogP contribution in [0.2, 0.25) is 0 Å². The predicted octanol–water partition coefficient (Wildman–Crippen LogP) is 0.811. The fraction of sp³-hybridized carbons (Fsp3) is 0.154. The Hall–Kier alpha value is -3.03. The van der Waals surface area contributed by atoms with Crippen molar-refractivity contribution in [2.45, 2.75) is 6.54 Å². The summed E-state index contributed by atoms with van der Waals surface area (Å²) in [6.45, 7) is -0.135. The average molecular weight is 290 g/mol. The zero-order valence-electron chi connectivity index (χ0n) is 11.2. The van der Waals surface area contributed by atoms with Crippen molar-refractivity contribution in [3.05, 3.63) is 36.2 Å². The number of nitrogens with zero attached hydrogens (tertiary/aromatic N) is 2. The summed E-state index contributed by atoms with van der Waals surface area (Å²) in [6, 6.07) is 6.81. The highest BCUT2D eigenvalue weighted by Gasteiger charge is 2.14. The van der Waals surface area contributed by atoms with Crippen LogP contribution in [-0.4, -0.2) is 33.9 Å². The molecule has 0 unspecified atom stereocenters. The van der Waals surface area contributed by atoms with Gasteiger partial charge >= 0.3 is 5.97 Å². The molecule has 1 heterocycles. The quantitative estimate of drug-likeness (QED) is 0.749. The Balaban J connectivity index is 2.01. The van der Waals surface area contributed by atoms with E-state index in [1.165, 1.54) is 10.9 Å². The second-order valence-corrected chi connectivity index (χ2v) is 4.21. The number of carbonyl (C=O) groups is 2. The molecule has 0 atom stereocenters. The third-order valence-corrected chi connectivity index (χ3v) is 2.67. The van der Waals surface area contributed by atoms with Crippen LogP contribution in [0.15, 0.2) is 30.5 Å². The lowest BCUT2D eigenvalue weighted by molar-refractivity contribution is -0.116. The van der Waals surface area contributed by atoms with Gasteiger partial charge in [-0.1, -0.05) is 0 Å². The number of methoxy groups -OCH3 is 1. The van der Waals surface area contributed by atoms with Crippen LogP contribution in [0.25, 0.3) is 0 Å². The maximum absolute atomic E-state index is 11.8. The van der Waals surface area contributed by atoms with E-state index in [1.807, 2.05) is 0 Å². The molecule has 0 fully saturated rings. The SMILES string of the molecule is COc1ccc(NC(=O)Cn2cc(N)c(C(=O)O)n2)cc1. The molecular formula is C13H14N4O4. The summed E-state index contributed by atoms with van der Waals surface area (Å²) in [4.78, 5) is 22.6. The van der Waals surface area contributed by atoms with E-state index in [1.54, 1.807) is 31.4 Å². The van der Waals surface area contributed by atoms with E-state index in [2.05, 4.69) is 10.4 Å². The molecule has 1 aromatic carbocycles. The zero-order chi connectivity index (χ0) is 15.4. The maximum Gasteiger partial charge on any atom is 0.358 e. The van der Waals surface area contributed by atoms with E-state index in [4.69, 9.17) is 15.6 Å². The lowest BCUT2D eigenvalue weighted by Gasteiger charge is -2.06. The van der Waals surface area contributed by atoms with Gasteiger partial charge in [-0.3, -0.25) is 9.48 Å². The first-order valence-corrected chi connectivity index (χ1v) is 5.99. The highest BCUT2D eigenvalue weighted by atomic mass is 16.5. The van der Waals surface area contributed by atoms with Crippen molar-refractivity contribution in [2.24, 2.45) is 0 Å². The number of nitrogens with two attached hydrogens (primary N) is 1. The fourth-order valence-electron chi connectivity index (χ4n) is 1.71. The predicted molar refractivity (Wildman–Crippen MR) is 75.2 cm³/mol.